The van der Waals surface area contributed by atoms with Crippen LogP contribution in [0.25, 0.3) is 11.1 Å². The van der Waals surface area contributed by atoms with E-state index in [-0.39, 0.29) is 36.6 Å². The summed E-state index contributed by atoms with van der Waals surface area (Å²) in [6.45, 7) is 3.27. The van der Waals surface area contributed by atoms with Crippen LogP contribution in [0.1, 0.15) is 67.0 Å². The Morgan fingerprint density at radius 3 is 2.20 bits per heavy atom. The molecule has 15 heteroatoms. The van der Waals surface area contributed by atoms with Gasteiger partial charge in [0.25, 0.3) is 5.95 Å². The molecule has 5 rings (SSSR count). The summed E-state index contributed by atoms with van der Waals surface area (Å²) in [6, 6.07) is 13.0. The Kier molecular flexibility index (Phi) is 12.3. The van der Waals surface area contributed by atoms with Gasteiger partial charge in [0.05, 0.1) is 24.8 Å². The van der Waals surface area contributed by atoms with E-state index in [1.807, 2.05) is 36.4 Å². The van der Waals surface area contributed by atoms with Gasteiger partial charge in [-0.25, -0.2) is 0 Å². The van der Waals surface area contributed by atoms with Crippen molar-refractivity contribution in [1.82, 2.24) is 30.5 Å². The summed E-state index contributed by atoms with van der Waals surface area (Å²) < 4.78 is 87.4. The maximum absolute atomic E-state index is 13.7. The third-order valence-corrected chi connectivity index (χ3v) is 9.03. The Labute approximate surface area is 292 Å². The zero-order chi connectivity index (χ0) is 36.6. The van der Waals surface area contributed by atoms with Crippen molar-refractivity contribution in [2.24, 2.45) is 18.9 Å². The fraction of sp³-hybridized carbons (Fsp3) is 0.472. The molecule has 4 aromatic rings. The number of ether oxygens (including phenoxy) is 1. The molecule has 1 fully saturated rings. The highest BCUT2D eigenvalue weighted by molar-refractivity contribution is 5.69. The normalized spacial score (nSPS) is 16.6. The number of hydrogen-bond donors (Lipinski definition) is 1. The van der Waals surface area contributed by atoms with E-state index in [1.54, 1.807) is 13.1 Å². The molecule has 0 saturated heterocycles. The van der Waals surface area contributed by atoms with Crippen LogP contribution >= 0.6 is 0 Å². The van der Waals surface area contributed by atoms with E-state index in [1.165, 1.54) is 16.7 Å². The Morgan fingerprint density at radius 2 is 1.59 bits per heavy atom. The summed E-state index contributed by atoms with van der Waals surface area (Å²) >= 11 is 0. The van der Waals surface area contributed by atoms with Crippen molar-refractivity contribution < 1.29 is 35.9 Å². The number of halogens is 6. The molecule has 0 spiro atoms. The predicted molar refractivity (Wildman–Crippen MR) is 178 cm³/mol. The first kappa shape index (κ1) is 37.7. The minimum atomic E-state index is -4.98. The largest absolute Gasteiger partial charge is 0.466 e. The number of tetrazole rings is 1. The number of benzene rings is 2. The van der Waals surface area contributed by atoms with Crippen molar-refractivity contribution in [3.8, 4) is 11.1 Å². The average Bonchev–Trinajstić information content (AvgIpc) is 3.53. The van der Waals surface area contributed by atoms with Gasteiger partial charge in [0.15, 0.2) is 0 Å². The molecular weight excluding hydrogens is 676 g/mol. The molecule has 0 bridgehead atoms. The molecule has 0 atom stereocenters. The third kappa shape index (κ3) is 10.7. The number of alkyl halides is 6. The molecule has 9 nitrogen and oxygen atoms in total. The van der Waals surface area contributed by atoms with Gasteiger partial charge in [0, 0.05) is 49.9 Å². The van der Waals surface area contributed by atoms with Crippen LogP contribution in [0.15, 0.2) is 60.8 Å². The quantitative estimate of drug-likeness (QED) is 0.0819. The summed E-state index contributed by atoms with van der Waals surface area (Å²) in [4.78, 5) is 19.3. The molecule has 1 aliphatic rings. The number of rotatable bonds is 14. The van der Waals surface area contributed by atoms with Gasteiger partial charge >= 0.3 is 18.3 Å². The zero-order valence-electron chi connectivity index (χ0n) is 28.5. The number of hydrogen-bond acceptors (Lipinski definition) is 8. The van der Waals surface area contributed by atoms with Crippen LogP contribution in [-0.4, -0.2) is 50.9 Å². The summed E-state index contributed by atoms with van der Waals surface area (Å²) in [7, 11) is 1.52. The highest BCUT2D eigenvalue weighted by Gasteiger charge is 2.37. The van der Waals surface area contributed by atoms with E-state index < -0.39 is 23.5 Å². The molecule has 274 valence electrons. The van der Waals surface area contributed by atoms with E-state index in [0.29, 0.717) is 61.2 Å². The van der Waals surface area contributed by atoms with Gasteiger partial charge in [-0.3, -0.25) is 9.78 Å². The lowest BCUT2D eigenvalue weighted by atomic mass is 9.80. The second-order valence-electron chi connectivity index (χ2n) is 12.9. The van der Waals surface area contributed by atoms with Crippen LogP contribution in [0.2, 0.25) is 0 Å². The molecule has 51 heavy (non-hydrogen) atoms. The smallest absolute Gasteiger partial charge is 0.416 e. The van der Waals surface area contributed by atoms with Gasteiger partial charge in [-0.05, 0) is 97.2 Å². The first-order chi connectivity index (χ1) is 24.3. The fourth-order valence-corrected chi connectivity index (χ4v) is 6.43. The topological polar surface area (TPSA) is 98.1 Å². The predicted octanol–water partition coefficient (Wildman–Crippen LogP) is 7.41. The number of carbonyl (C=O) groups is 1. The van der Waals surface area contributed by atoms with Gasteiger partial charge in [-0.1, -0.05) is 35.4 Å². The Balaban J connectivity index is 1.35. The van der Waals surface area contributed by atoms with Crippen molar-refractivity contribution in [2.45, 2.75) is 70.9 Å². The van der Waals surface area contributed by atoms with Crippen LogP contribution < -0.4 is 10.2 Å². The van der Waals surface area contributed by atoms with Gasteiger partial charge in [0.1, 0.15) is 0 Å². The van der Waals surface area contributed by atoms with Gasteiger partial charge in [-0.2, -0.15) is 31.1 Å². The van der Waals surface area contributed by atoms with E-state index >= 15 is 0 Å². The van der Waals surface area contributed by atoms with Gasteiger partial charge < -0.3 is 15.0 Å². The van der Waals surface area contributed by atoms with E-state index in [0.717, 1.165) is 43.4 Å². The first-order valence-electron chi connectivity index (χ1n) is 16.9. The van der Waals surface area contributed by atoms with Crippen LogP contribution in [0.3, 0.4) is 0 Å². The average molecular weight is 718 g/mol. The summed E-state index contributed by atoms with van der Waals surface area (Å²) in [5, 5.41) is 15.7. The molecule has 0 amide bonds. The zero-order valence-corrected chi connectivity index (χ0v) is 28.5. The van der Waals surface area contributed by atoms with Crippen molar-refractivity contribution in [1.29, 1.82) is 0 Å². The number of anilines is 1. The standard InChI is InChI=1S/C36H41F6N7O2/c1-3-51-33(50)17-24-9-11-25(12-10-24)20-43-14-13-32-29(18-28(21-44-32)27-7-5-4-6-8-27)23-49(34-45-47-48(2)46-34)22-26-15-30(35(37,38)39)19-31(16-26)36(40,41)42/h4-8,15-16,18-19,21,24-25,43H,3,9-14,17,20,22-23H2,1-2H3/t24-,25-. The number of esters is 1. The van der Waals surface area contributed by atoms with E-state index in [4.69, 9.17) is 9.72 Å². The minimum Gasteiger partial charge on any atom is -0.466 e. The number of aromatic nitrogens is 5. The number of carbonyl (C=O) groups excluding carboxylic acids is 1. The van der Waals surface area contributed by atoms with Crippen LogP contribution in [0.4, 0.5) is 32.3 Å². The SMILES string of the molecule is CCOC(=O)C[C@H]1CC[C@H](CNCCc2ncc(-c3ccccc3)cc2CN(Cc2cc(C(F)(F)F)cc(C(F)(F)F)c2)c2nnn(C)n2)CC1. The highest BCUT2D eigenvalue weighted by Crippen LogP contribution is 2.37. The third-order valence-electron chi connectivity index (χ3n) is 9.03. The Hall–Kier alpha value is -4.53. The molecule has 0 radical (unpaired) electrons. The molecule has 0 unspecified atom stereocenters. The lowest BCUT2D eigenvalue weighted by molar-refractivity contribution is -0.145. The summed E-state index contributed by atoms with van der Waals surface area (Å²) in [6.07, 6.45) is -3.27. The van der Waals surface area contributed by atoms with Crippen molar-refractivity contribution in [2.75, 3.05) is 24.6 Å². The number of nitrogens with zero attached hydrogens (tertiary/aromatic N) is 6. The number of nitrogens with one attached hydrogen (secondary N) is 1. The van der Waals surface area contributed by atoms with Gasteiger partial charge in [-0.15, -0.1) is 5.10 Å². The molecule has 2 aromatic heterocycles. The van der Waals surface area contributed by atoms with Gasteiger partial charge in [0.2, 0.25) is 0 Å². The molecule has 1 aliphatic carbocycles. The highest BCUT2D eigenvalue weighted by atomic mass is 19.4. The van der Waals surface area contributed by atoms with E-state index in [9.17, 15) is 31.1 Å². The summed E-state index contributed by atoms with van der Waals surface area (Å²) in [5.41, 5.74) is 0.121. The molecule has 1 N–H and O–H groups in total. The van der Waals surface area contributed by atoms with Crippen LogP contribution in [0.5, 0.6) is 0 Å². The van der Waals surface area contributed by atoms with Crippen molar-refractivity contribution in [3.05, 3.63) is 88.7 Å². The minimum absolute atomic E-state index is 0.0382. The maximum atomic E-state index is 13.7. The number of pyridine rings is 1. The van der Waals surface area contributed by atoms with Crippen molar-refractivity contribution >= 4 is 11.9 Å². The lowest BCUT2D eigenvalue weighted by Crippen LogP contribution is -2.29. The molecule has 2 aromatic carbocycles. The Morgan fingerprint density at radius 1 is 0.922 bits per heavy atom. The molecule has 2 heterocycles. The second kappa shape index (κ2) is 16.7. The lowest BCUT2D eigenvalue weighted by Gasteiger charge is -2.28. The fourth-order valence-electron chi connectivity index (χ4n) is 6.43. The number of aryl methyl sites for hydroxylation is 1. The first-order valence-corrected chi connectivity index (χ1v) is 16.9. The molecular formula is C36H41F6N7O2. The molecule has 0 aliphatic heterocycles. The van der Waals surface area contributed by atoms with Crippen molar-refractivity contribution in [3.63, 3.8) is 0 Å². The van der Waals surface area contributed by atoms with E-state index in [2.05, 4.69) is 20.7 Å². The molecule has 1 saturated carbocycles. The maximum Gasteiger partial charge on any atom is 0.416 e. The summed E-state index contributed by atoms with van der Waals surface area (Å²) in [5.74, 6) is 0.716. The monoisotopic (exact) mass is 717 g/mol. The van der Waals surface area contributed by atoms with Crippen LogP contribution in [-0.2, 0) is 48.4 Å². The second-order valence-corrected chi connectivity index (χ2v) is 12.9. The van der Waals surface area contributed by atoms with Crippen LogP contribution in [0, 0.1) is 11.8 Å². The Bertz CT molecular complexity index is 1710.